The molecule has 0 bridgehead atoms. The Morgan fingerprint density at radius 3 is 2.48 bits per heavy atom. The van der Waals surface area contributed by atoms with Gasteiger partial charge in [-0.05, 0) is 49.9 Å². The van der Waals surface area contributed by atoms with E-state index in [0.29, 0.717) is 13.2 Å². The second-order valence-electron chi connectivity index (χ2n) is 6.96. The normalized spacial score (nSPS) is 11.9. The minimum atomic E-state index is -0.00191. The number of rotatable bonds is 12. The lowest BCUT2D eigenvalue weighted by atomic mass is 10.0. The van der Waals surface area contributed by atoms with Crippen molar-refractivity contribution >= 4 is 29.9 Å². The van der Waals surface area contributed by atoms with Gasteiger partial charge in [0.25, 0.3) is 0 Å². The van der Waals surface area contributed by atoms with Gasteiger partial charge in [-0.1, -0.05) is 36.4 Å². The topological polar surface area (TPSA) is 75.1 Å². The number of ether oxygens (including phenoxy) is 2. The third-order valence-electron chi connectivity index (χ3n) is 4.77. The Kier molecular flexibility index (Phi) is 13.7. The third-order valence-corrected chi connectivity index (χ3v) is 4.77. The maximum Gasteiger partial charge on any atom is 0.191 e. The van der Waals surface area contributed by atoms with E-state index in [2.05, 4.69) is 21.7 Å². The van der Waals surface area contributed by atoms with Crippen LogP contribution in [0.1, 0.15) is 37.3 Å². The highest BCUT2D eigenvalue weighted by Crippen LogP contribution is 2.28. The van der Waals surface area contributed by atoms with Crippen molar-refractivity contribution in [3.8, 4) is 11.5 Å². The maximum absolute atomic E-state index is 9.73. The Balaban J connectivity index is 0.00000480. The van der Waals surface area contributed by atoms with Gasteiger partial charge < -0.3 is 25.2 Å². The molecule has 0 spiro atoms. The summed E-state index contributed by atoms with van der Waals surface area (Å²) in [5, 5.41) is 16.4. The zero-order valence-electron chi connectivity index (χ0n) is 18.8. The summed E-state index contributed by atoms with van der Waals surface area (Å²) in [5.41, 5.74) is 2.32. The minimum absolute atomic E-state index is 0. The first-order chi connectivity index (χ1) is 14.7. The van der Waals surface area contributed by atoms with Gasteiger partial charge in [-0.3, -0.25) is 4.99 Å². The Morgan fingerprint density at radius 2 is 1.84 bits per heavy atom. The number of guanidine groups is 1. The summed E-state index contributed by atoms with van der Waals surface area (Å²) in [4.78, 5) is 4.66. The molecule has 6 nitrogen and oxygen atoms in total. The first kappa shape index (κ1) is 27.0. The number of aliphatic hydroxyl groups is 1. The number of methoxy groups -OCH3 is 1. The van der Waals surface area contributed by atoms with Gasteiger partial charge >= 0.3 is 0 Å². The van der Waals surface area contributed by atoms with Crippen molar-refractivity contribution in [3.05, 3.63) is 59.7 Å². The molecule has 172 valence electrons. The molecule has 0 aliphatic rings. The predicted molar refractivity (Wildman–Crippen MR) is 138 cm³/mol. The lowest BCUT2D eigenvalue weighted by Crippen LogP contribution is -2.38. The third kappa shape index (κ3) is 9.35. The van der Waals surface area contributed by atoms with Crippen LogP contribution >= 0.6 is 24.0 Å². The van der Waals surface area contributed by atoms with Crippen LogP contribution in [0, 0.1) is 0 Å². The van der Waals surface area contributed by atoms with Crippen LogP contribution in [0.25, 0.3) is 0 Å². The smallest absolute Gasteiger partial charge is 0.191 e. The zero-order chi connectivity index (χ0) is 21.6. The summed E-state index contributed by atoms with van der Waals surface area (Å²) in [5.74, 6) is 2.32. The summed E-state index contributed by atoms with van der Waals surface area (Å²) in [6, 6.07) is 16.1. The van der Waals surface area contributed by atoms with Crippen molar-refractivity contribution in [3.63, 3.8) is 0 Å². The first-order valence-electron chi connectivity index (χ1n) is 10.7. The lowest BCUT2D eigenvalue weighted by molar-refractivity contribution is 0.268. The quantitative estimate of drug-likeness (QED) is 0.164. The summed E-state index contributed by atoms with van der Waals surface area (Å²) >= 11 is 0. The van der Waals surface area contributed by atoms with Crippen molar-refractivity contribution in [1.29, 1.82) is 0 Å². The average Bonchev–Trinajstić information content (AvgIpc) is 2.78. The number of benzene rings is 2. The summed E-state index contributed by atoms with van der Waals surface area (Å²) in [7, 11) is 1.65. The van der Waals surface area contributed by atoms with Crippen LogP contribution in [0.5, 0.6) is 11.5 Å². The molecule has 0 saturated heterocycles. The van der Waals surface area contributed by atoms with Gasteiger partial charge in [-0.25, -0.2) is 0 Å². The van der Waals surface area contributed by atoms with Crippen LogP contribution in [0.2, 0.25) is 0 Å². The summed E-state index contributed by atoms with van der Waals surface area (Å²) < 4.78 is 11.0. The molecule has 2 aromatic carbocycles. The molecule has 2 rings (SSSR count). The molecule has 2 aromatic rings. The fourth-order valence-electron chi connectivity index (χ4n) is 3.18. The molecule has 0 heterocycles. The molecule has 1 atom stereocenters. The molecule has 3 N–H and O–H groups in total. The molecular formula is C24H36IN3O3. The second-order valence-corrected chi connectivity index (χ2v) is 6.96. The van der Waals surface area contributed by atoms with Crippen LogP contribution in [-0.2, 0) is 6.42 Å². The van der Waals surface area contributed by atoms with Gasteiger partial charge in [0.05, 0.1) is 26.9 Å². The highest BCUT2D eigenvalue weighted by molar-refractivity contribution is 14.0. The monoisotopic (exact) mass is 541 g/mol. The van der Waals surface area contributed by atoms with E-state index in [1.54, 1.807) is 7.11 Å². The number of aryl methyl sites for hydroxylation is 1. The number of nitrogens with zero attached hydrogens (tertiary/aromatic N) is 1. The number of halogens is 1. The van der Waals surface area contributed by atoms with Crippen LogP contribution in [0.15, 0.2) is 53.5 Å². The standard InChI is InChI=1S/C24H35N3O3.HI/c1-4-25-24(27-17-21(18-28)20-11-7-6-8-12-20)26-15-9-10-19-13-14-22(29-3)23(16-19)30-5-2;/h6-8,11-14,16,21,28H,4-5,9-10,15,17-18H2,1-3H3,(H2,25,26,27);1H. The molecule has 7 heteroatoms. The Hall–Kier alpha value is -2.00. The van der Waals surface area contributed by atoms with Crippen molar-refractivity contribution in [2.45, 2.75) is 32.6 Å². The highest BCUT2D eigenvalue weighted by Gasteiger charge is 2.10. The van der Waals surface area contributed by atoms with Gasteiger partial charge in [-0.15, -0.1) is 24.0 Å². The van der Waals surface area contributed by atoms with E-state index < -0.39 is 0 Å². The average molecular weight is 541 g/mol. The second kappa shape index (κ2) is 15.8. The van der Waals surface area contributed by atoms with Crippen molar-refractivity contribution < 1.29 is 14.6 Å². The first-order valence-corrected chi connectivity index (χ1v) is 10.7. The maximum atomic E-state index is 9.73. The van der Waals surface area contributed by atoms with Crippen LogP contribution in [0.3, 0.4) is 0 Å². The molecule has 1 unspecified atom stereocenters. The van der Waals surface area contributed by atoms with E-state index >= 15 is 0 Å². The van der Waals surface area contributed by atoms with Gasteiger partial charge in [-0.2, -0.15) is 0 Å². The molecule has 0 fully saturated rings. The van der Waals surface area contributed by atoms with Gasteiger partial charge in [0, 0.05) is 19.0 Å². The van der Waals surface area contributed by atoms with Crippen LogP contribution < -0.4 is 20.1 Å². The van der Waals surface area contributed by atoms with E-state index in [-0.39, 0.29) is 36.5 Å². The number of hydrogen-bond acceptors (Lipinski definition) is 4. The Labute approximate surface area is 203 Å². The molecule has 0 radical (unpaired) electrons. The molecule has 0 aromatic heterocycles. The van der Waals surface area contributed by atoms with Gasteiger partial charge in [0.15, 0.2) is 17.5 Å². The predicted octanol–water partition coefficient (Wildman–Crippen LogP) is 3.98. The number of nitrogens with one attached hydrogen (secondary N) is 2. The number of aliphatic imine (C=N–C) groups is 1. The van der Waals surface area contributed by atoms with Gasteiger partial charge in [0.1, 0.15) is 0 Å². The molecule has 0 saturated carbocycles. The number of hydrogen-bond donors (Lipinski definition) is 3. The molecular weight excluding hydrogens is 505 g/mol. The molecule has 0 amide bonds. The fraction of sp³-hybridized carbons (Fsp3) is 0.458. The van der Waals surface area contributed by atoms with E-state index in [1.165, 1.54) is 5.56 Å². The lowest BCUT2D eigenvalue weighted by Gasteiger charge is -2.15. The van der Waals surface area contributed by atoms with E-state index in [1.807, 2.05) is 56.3 Å². The summed E-state index contributed by atoms with van der Waals surface area (Å²) in [6.45, 7) is 6.83. The fourth-order valence-corrected chi connectivity index (χ4v) is 3.18. The molecule has 31 heavy (non-hydrogen) atoms. The molecule has 0 aliphatic carbocycles. The van der Waals surface area contributed by atoms with Crippen molar-refractivity contribution in [2.24, 2.45) is 4.99 Å². The van der Waals surface area contributed by atoms with Crippen LogP contribution in [-0.4, -0.2) is 51.0 Å². The van der Waals surface area contributed by atoms with Crippen LogP contribution in [0.4, 0.5) is 0 Å². The van der Waals surface area contributed by atoms with E-state index in [0.717, 1.165) is 49.0 Å². The van der Waals surface area contributed by atoms with E-state index in [9.17, 15) is 5.11 Å². The SMILES string of the molecule is CCNC(=NCC(CO)c1ccccc1)NCCCc1ccc(OC)c(OCC)c1.I. The Bertz CT molecular complexity index is 772. The van der Waals surface area contributed by atoms with Crippen molar-refractivity contribution in [1.82, 2.24) is 10.6 Å². The zero-order valence-corrected chi connectivity index (χ0v) is 21.1. The minimum Gasteiger partial charge on any atom is -0.493 e. The van der Waals surface area contributed by atoms with E-state index in [4.69, 9.17) is 9.47 Å². The summed E-state index contributed by atoms with van der Waals surface area (Å²) in [6.07, 6.45) is 1.89. The molecule has 0 aliphatic heterocycles. The highest BCUT2D eigenvalue weighted by atomic mass is 127. The largest absolute Gasteiger partial charge is 0.493 e. The van der Waals surface area contributed by atoms with Crippen molar-refractivity contribution in [2.75, 3.05) is 40.0 Å². The number of aliphatic hydroxyl groups excluding tert-OH is 1. The van der Waals surface area contributed by atoms with Gasteiger partial charge in [0.2, 0.25) is 0 Å². The Morgan fingerprint density at radius 1 is 1.06 bits per heavy atom.